The zero-order chi connectivity index (χ0) is 18.2. The lowest BCUT2D eigenvalue weighted by Crippen LogP contribution is -2.02. The molecule has 2 aromatic carbocycles. The Morgan fingerprint density at radius 1 is 1.08 bits per heavy atom. The van der Waals surface area contributed by atoms with E-state index < -0.39 is 15.8 Å². The van der Waals surface area contributed by atoms with E-state index in [-0.39, 0.29) is 6.42 Å². The molecule has 0 aliphatic rings. The first-order valence-corrected chi connectivity index (χ1v) is 9.72. The minimum atomic E-state index is -3.20. The van der Waals surface area contributed by atoms with Crippen LogP contribution in [0.3, 0.4) is 0 Å². The van der Waals surface area contributed by atoms with Gasteiger partial charge < -0.3 is 9.67 Å². The quantitative estimate of drug-likeness (QED) is 0.761. The van der Waals surface area contributed by atoms with Gasteiger partial charge in [-0.25, -0.2) is 8.42 Å². The van der Waals surface area contributed by atoms with E-state index in [4.69, 9.17) is 5.11 Å². The van der Waals surface area contributed by atoms with Crippen molar-refractivity contribution in [2.75, 3.05) is 6.26 Å². The molecule has 0 spiro atoms. The maximum Gasteiger partial charge on any atom is 0.307 e. The van der Waals surface area contributed by atoms with E-state index in [0.717, 1.165) is 27.6 Å². The molecule has 1 heterocycles. The van der Waals surface area contributed by atoms with Crippen LogP contribution < -0.4 is 0 Å². The molecule has 0 saturated heterocycles. The smallest absolute Gasteiger partial charge is 0.307 e. The highest BCUT2D eigenvalue weighted by Gasteiger charge is 2.10. The molecule has 0 unspecified atom stereocenters. The molecule has 3 rings (SSSR count). The summed E-state index contributed by atoms with van der Waals surface area (Å²) in [6.07, 6.45) is 3.21. The predicted octanol–water partition coefficient (Wildman–Crippen LogP) is 3.03. The van der Waals surface area contributed by atoms with Gasteiger partial charge in [0.2, 0.25) is 0 Å². The SMILES string of the molecule is Cc1cn(Cc2ccc(S(C)(=O)=O)cc2)c2cc(CC(=O)O)ccc12. The van der Waals surface area contributed by atoms with Gasteiger partial charge in [0.1, 0.15) is 0 Å². The second-order valence-electron chi connectivity index (χ2n) is 6.28. The van der Waals surface area contributed by atoms with Crippen LogP contribution in [-0.4, -0.2) is 30.3 Å². The number of sulfone groups is 1. The third kappa shape index (κ3) is 3.74. The zero-order valence-corrected chi connectivity index (χ0v) is 14.9. The molecule has 5 nitrogen and oxygen atoms in total. The van der Waals surface area contributed by atoms with Gasteiger partial charge in [-0.15, -0.1) is 0 Å². The van der Waals surface area contributed by atoms with Crippen LogP contribution in [0, 0.1) is 6.92 Å². The molecule has 0 radical (unpaired) electrons. The largest absolute Gasteiger partial charge is 0.481 e. The number of benzene rings is 2. The van der Waals surface area contributed by atoms with Gasteiger partial charge in [-0.3, -0.25) is 4.79 Å². The van der Waals surface area contributed by atoms with E-state index >= 15 is 0 Å². The highest BCUT2D eigenvalue weighted by molar-refractivity contribution is 7.90. The Morgan fingerprint density at radius 3 is 2.32 bits per heavy atom. The Kier molecular flexibility index (Phi) is 4.39. The molecule has 1 aromatic heterocycles. The summed E-state index contributed by atoms with van der Waals surface area (Å²) in [5.41, 5.74) is 3.83. The number of carboxylic acids is 1. The number of rotatable bonds is 5. The van der Waals surface area contributed by atoms with Crippen molar-refractivity contribution in [3.63, 3.8) is 0 Å². The number of aryl methyl sites for hydroxylation is 1. The minimum Gasteiger partial charge on any atom is -0.481 e. The average molecular weight is 357 g/mol. The zero-order valence-electron chi connectivity index (χ0n) is 14.1. The van der Waals surface area contributed by atoms with E-state index in [2.05, 4.69) is 4.57 Å². The maximum atomic E-state index is 11.6. The summed E-state index contributed by atoms with van der Waals surface area (Å²) in [5, 5.41) is 10.1. The first-order valence-electron chi connectivity index (χ1n) is 7.83. The fourth-order valence-corrected chi connectivity index (χ4v) is 3.61. The number of hydrogen-bond acceptors (Lipinski definition) is 3. The maximum absolute atomic E-state index is 11.6. The number of nitrogens with zero attached hydrogens (tertiary/aromatic N) is 1. The normalized spacial score (nSPS) is 11.8. The van der Waals surface area contributed by atoms with Crippen LogP contribution in [0.1, 0.15) is 16.7 Å². The molecule has 130 valence electrons. The van der Waals surface area contributed by atoms with Gasteiger partial charge in [-0.2, -0.15) is 0 Å². The molecule has 6 heteroatoms. The van der Waals surface area contributed by atoms with Crippen LogP contribution in [0.5, 0.6) is 0 Å². The molecule has 0 fully saturated rings. The van der Waals surface area contributed by atoms with Crippen LogP contribution in [0.4, 0.5) is 0 Å². The summed E-state index contributed by atoms with van der Waals surface area (Å²) in [4.78, 5) is 11.2. The van der Waals surface area contributed by atoms with Crippen LogP contribution in [0.25, 0.3) is 10.9 Å². The molecule has 0 amide bonds. The van der Waals surface area contributed by atoms with Crippen molar-refractivity contribution in [1.29, 1.82) is 0 Å². The van der Waals surface area contributed by atoms with E-state index in [9.17, 15) is 13.2 Å². The Bertz CT molecular complexity index is 1050. The number of carbonyl (C=O) groups is 1. The lowest BCUT2D eigenvalue weighted by atomic mass is 10.1. The minimum absolute atomic E-state index is 0.0107. The van der Waals surface area contributed by atoms with Crippen LogP contribution in [0.2, 0.25) is 0 Å². The highest BCUT2D eigenvalue weighted by atomic mass is 32.2. The van der Waals surface area contributed by atoms with Crippen molar-refractivity contribution < 1.29 is 18.3 Å². The summed E-state index contributed by atoms with van der Waals surface area (Å²) in [5.74, 6) is -0.856. The highest BCUT2D eigenvalue weighted by Crippen LogP contribution is 2.24. The Morgan fingerprint density at radius 2 is 1.72 bits per heavy atom. The third-order valence-electron chi connectivity index (χ3n) is 4.21. The average Bonchev–Trinajstić information content (AvgIpc) is 2.82. The van der Waals surface area contributed by atoms with E-state index in [1.807, 2.05) is 31.3 Å². The summed E-state index contributed by atoms with van der Waals surface area (Å²) in [6.45, 7) is 2.60. The van der Waals surface area contributed by atoms with E-state index in [1.54, 1.807) is 24.3 Å². The first-order chi connectivity index (χ1) is 11.7. The van der Waals surface area contributed by atoms with Crippen LogP contribution >= 0.6 is 0 Å². The van der Waals surface area contributed by atoms with Gasteiger partial charge in [-0.05, 0) is 41.8 Å². The molecular weight excluding hydrogens is 338 g/mol. The topological polar surface area (TPSA) is 76.4 Å². The number of fused-ring (bicyclic) bond motifs is 1. The van der Waals surface area contributed by atoms with E-state index in [0.29, 0.717) is 11.4 Å². The van der Waals surface area contributed by atoms with Gasteiger partial charge in [0.25, 0.3) is 0 Å². The number of aliphatic carboxylic acids is 1. The molecule has 25 heavy (non-hydrogen) atoms. The Labute approximate surface area is 146 Å². The standard InChI is InChI=1S/C19H19NO4S/c1-13-11-20(12-14-3-6-16(7-4-14)25(2,23)24)18-9-15(10-19(21)22)5-8-17(13)18/h3-9,11H,10,12H2,1-2H3,(H,21,22). The molecule has 0 aliphatic heterocycles. The van der Waals surface area contributed by atoms with Crippen LogP contribution in [-0.2, 0) is 27.6 Å². The van der Waals surface area contributed by atoms with Gasteiger partial charge in [0, 0.05) is 29.9 Å². The van der Waals surface area contributed by atoms with E-state index in [1.165, 1.54) is 6.26 Å². The van der Waals surface area contributed by atoms with Crippen molar-refractivity contribution in [2.24, 2.45) is 0 Å². The van der Waals surface area contributed by atoms with Gasteiger partial charge in [0.15, 0.2) is 9.84 Å². The fourth-order valence-electron chi connectivity index (χ4n) is 2.98. The van der Waals surface area contributed by atoms with Gasteiger partial charge in [-0.1, -0.05) is 24.3 Å². The molecule has 0 aliphatic carbocycles. The van der Waals surface area contributed by atoms with Crippen molar-refractivity contribution in [1.82, 2.24) is 4.57 Å². The molecule has 0 atom stereocenters. The van der Waals surface area contributed by atoms with Crippen molar-refractivity contribution in [3.05, 3.63) is 65.4 Å². The third-order valence-corrected chi connectivity index (χ3v) is 5.33. The number of aromatic nitrogens is 1. The molecule has 0 saturated carbocycles. The number of carboxylic acid groups (broad SMARTS) is 1. The monoisotopic (exact) mass is 357 g/mol. The van der Waals surface area contributed by atoms with Crippen LogP contribution in [0.15, 0.2) is 53.6 Å². The van der Waals surface area contributed by atoms with Crippen molar-refractivity contribution in [3.8, 4) is 0 Å². The summed E-state index contributed by atoms with van der Waals surface area (Å²) in [6, 6.07) is 12.5. The lowest BCUT2D eigenvalue weighted by molar-refractivity contribution is -0.136. The molecule has 1 N–H and O–H groups in total. The van der Waals surface area contributed by atoms with Crippen molar-refractivity contribution >= 4 is 26.7 Å². The molecular formula is C19H19NO4S. The summed E-state index contributed by atoms with van der Waals surface area (Å²) in [7, 11) is -3.20. The Balaban J connectivity index is 1.96. The summed E-state index contributed by atoms with van der Waals surface area (Å²) < 4.78 is 25.2. The lowest BCUT2D eigenvalue weighted by Gasteiger charge is -2.08. The van der Waals surface area contributed by atoms with Crippen molar-refractivity contribution in [2.45, 2.75) is 24.8 Å². The number of hydrogen-bond donors (Lipinski definition) is 1. The fraction of sp³-hybridized carbons (Fsp3) is 0.211. The summed E-state index contributed by atoms with van der Waals surface area (Å²) >= 11 is 0. The Hall–Kier alpha value is -2.60. The van der Waals surface area contributed by atoms with Gasteiger partial charge >= 0.3 is 5.97 Å². The first kappa shape index (κ1) is 17.2. The van der Waals surface area contributed by atoms with Gasteiger partial charge in [0.05, 0.1) is 11.3 Å². The molecule has 0 bridgehead atoms. The second-order valence-corrected chi connectivity index (χ2v) is 8.29. The predicted molar refractivity (Wildman–Crippen MR) is 96.7 cm³/mol. The second kappa shape index (κ2) is 6.37. The molecule has 3 aromatic rings.